The van der Waals surface area contributed by atoms with Crippen molar-refractivity contribution in [2.24, 2.45) is 5.92 Å². The maximum atomic E-state index is 13.3. The van der Waals surface area contributed by atoms with Crippen LogP contribution in [0.2, 0.25) is 5.02 Å². The number of aromatic nitrogens is 1. The number of anilines is 2. The Balaban J connectivity index is 1.79. The number of carbonyl (C=O) groups is 1. The molecule has 4 nitrogen and oxygen atoms in total. The summed E-state index contributed by atoms with van der Waals surface area (Å²) in [5, 5.41) is 6.13. The lowest BCUT2D eigenvalue weighted by Crippen LogP contribution is -2.27. The third-order valence-electron chi connectivity index (χ3n) is 4.24. The zero-order chi connectivity index (χ0) is 18.0. The molecule has 0 atom stereocenters. The van der Waals surface area contributed by atoms with Gasteiger partial charge in [-0.15, -0.1) is 0 Å². The number of hydrogen-bond donors (Lipinski definition) is 2. The van der Waals surface area contributed by atoms with E-state index in [4.69, 9.17) is 11.6 Å². The van der Waals surface area contributed by atoms with Gasteiger partial charge < -0.3 is 10.6 Å². The average Bonchev–Trinajstić information content (AvgIpc) is 3.40. The molecule has 1 aromatic carbocycles. The van der Waals surface area contributed by atoms with E-state index in [9.17, 15) is 9.18 Å². The van der Waals surface area contributed by atoms with E-state index in [1.54, 1.807) is 12.3 Å². The van der Waals surface area contributed by atoms with Crippen molar-refractivity contribution in [2.75, 3.05) is 11.9 Å². The molecule has 0 aliphatic heterocycles. The molecule has 0 unspecified atom stereocenters. The molecule has 1 aliphatic rings. The molecule has 0 spiro atoms. The smallest absolute Gasteiger partial charge is 0.253 e. The summed E-state index contributed by atoms with van der Waals surface area (Å²) in [7, 11) is 0. The number of hydrogen-bond acceptors (Lipinski definition) is 3. The van der Waals surface area contributed by atoms with E-state index in [1.807, 2.05) is 19.9 Å². The van der Waals surface area contributed by atoms with Crippen LogP contribution in [0, 0.1) is 11.7 Å². The van der Waals surface area contributed by atoms with Gasteiger partial charge in [0, 0.05) is 18.4 Å². The number of pyridine rings is 1. The zero-order valence-corrected chi connectivity index (χ0v) is 15.0. The van der Waals surface area contributed by atoms with Gasteiger partial charge in [0.2, 0.25) is 0 Å². The minimum absolute atomic E-state index is 0.0464. The van der Waals surface area contributed by atoms with Crippen molar-refractivity contribution in [1.82, 2.24) is 10.3 Å². The summed E-state index contributed by atoms with van der Waals surface area (Å²) in [6.07, 6.45) is 3.97. The van der Waals surface area contributed by atoms with E-state index in [1.165, 1.54) is 25.0 Å². The van der Waals surface area contributed by atoms with Crippen LogP contribution in [0.15, 0.2) is 30.5 Å². The molecule has 1 aromatic heterocycles. The van der Waals surface area contributed by atoms with Gasteiger partial charge in [-0.1, -0.05) is 25.4 Å². The van der Waals surface area contributed by atoms with E-state index >= 15 is 0 Å². The molecule has 0 radical (unpaired) electrons. The van der Waals surface area contributed by atoms with E-state index in [0.29, 0.717) is 23.0 Å². The summed E-state index contributed by atoms with van der Waals surface area (Å²) in [5.74, 6) is 0.834. The Bertz CT molecular complexity index is 790. The van der Waals surface area contributed by atoms with Gasteiger partial charge in [-0.25, -0.2) is 9.37 Å². The normalized spacial score (nSPS) is 13.8. The highest BCUT2D eigenvalue weighted by atomic mass is 35.5. The lowest BCUT2D eigenvalue weighted by molar-refractivity contribution is 0.0950. The van der Waals surface area contributed by atoms with Crippen molar-refractivity contribution in [1.29, 1.82) is 0 Å². The number of nitrogens with one attached hydrogen (secondary N) is 2. The minimum Gasteiger partial charge on any atom is -0.352 e. The Kier molecular flexibility index (Phi) is 5.23. The zero-order valence-electron chi connectivity index (χ0n) is 14.3. The second-order valence-electron chi connectivity index (χ2n) is 6.72. The number of carbonyl (C=O) groups excluding carboxylic acids is 1. The fourth-order valence-corrected chi connectivity index (χ4v) is 2.76. The third-order valence-corrected chi connectivity index (χ3v) is 4.53. The van der Waals surface area contributed by atoms with Crippen molar-refractivity contribution in [2.45, 2.75) is 32.6 Å². The van der Waals surface area contributed by atoms with E-state index in [-0.39, 0.29) is 16.8 Å². The average molecular weight is 362 g/mol. The predicted molar refractivity (Wildman–Crippen MR) is 98.1 cm³/mol. The molecule has 3 rings (SSSR count). The summed E-state index contributed by atoms with van der Waals surface area (Å²) < 4.78 is 13.3. The lowest BCUT2D eigenvalue weighted by Gasteiger charge is -2.15. The largest absolute Gasteiger partial charge is 0.352 e. The van der Waals surface area contributed by atoms with Gasteiger partial charge in [0.25, 0.3) is 5.91 Å². The van der Waals surface area contributed by atoms with Crippen molar-refractivity contribution < 1.29 is 9.18 Å². The van der Waals surface area contributed by atoms with Crippen molar-refractivity contribution in [3.63, 3.8) is 0 Å². The van der Waals surface area contributed by atoms with Gasteiger partial charge in [-0.05, 0) is 54.5 Å². The number of rotatable bonds is 6. The summed E-state index contributed by atoms with van der Waals surface area (Å²) in [5.41, 5.74) is 2.15. The third kappa shape index (κ3) is 4.48. The minimum atomic E-state index is -0.467. The molecule has 1 saturated carbocycles. The Labute approximate surface area is 151 Å². The van der Waals surface area contributed by atoms with E-state index < -0.39 is 5.82 Å². The predicted octanol–water partition coefficient (Wildman–Crippen LogP) is 4.88. The number of benzene rings is 1. The fourth-order valence-electron chi connectivity index (χ4n) is 2.58. The highest BCUT2D eigenvalue weighted by molar-refractivity contribution is 6.31. The Morgan fingerprint density at radius 2 is 2.12 bits per heavy atom. The SMILES string of the molecule is CC(C)c1cc(Nc2ccc(F)c(Cl)c2)ncc1C(=O)NCC1CC1. The number of halogens is 2. The standard InChI is InChI=1S/C19H21ClFN3O/c1-11(2)14-8-18(24-13-5-6-17(21)16(20)7-13)22-10-15(14)19(25)23-9-12-3-4-12/h5-8,10-12H,3-4,9H2,1-2H3,(H,22,24)(H,23,25). The van der Waals surface area contributed by atoms with Crippen molar-refractivity contribution >= 4 is 29.0 Å². The topological polar surface area (TPSA) is 54.0 Å². The van der Waals surface area contributed by atoms with Crippen LogP contribution in [0.25, 0.3) is 0 Å². The first kappa shape index (κ1) is 17.7. The molecule has 1 heterocycles. The maximum absolute atomic E-state index is 13.3. The summed E-state index contributed by atoms with van der Waals surface area (Å²) in [6, 6.07) is 6.25. The number of amides is 1. The van der Waals surface area contributed by atoms with E-state index in [0.717, 1.165) is 12.1 Å². The monoisotopic (exact) mass is 361 g/mol. The molecule has 1 aliphatic carbocycles. The van der Waals surface area contributed by atoms with Crippen LogP contribution in [0.1, 0.15) is 48.5 Å². The fraction of sp³-hybridized carbons (Fsp3) is 0.368. The highest BCUT2D eigenvalue weighted by Gasteiger charge is 2.23. The van der Waals surface area contributed by atoms with Crippen LogP contribution < -0.4 is 10.6 Å². The van der Waals surface area contributed by atoms with Gasteiger partial charge in [-0.2, -0.15) is 0 Å². The van der Waals surface area contributed by atoms with Crippen LogP contribution >= 0.6 is 11.6 Å². The van der Waals surface area contributed by atoms with Crippen LogP contribution in [0.3, 0.4) is 0 Å². The summed E-state index contributed by atoms with van der Waals surface area (Å²) in [4.78, 5) is 16.7. The summed E-state index contributed by atoms with van der Waals surface area (Å²) >= 11 is 5.81. The second kappa shape index (κ2) is 7.40. The first-order valence-corrected chi connectivity index (χ1v) is 8.82. The van der Waals surface area contributed by atoms with Crippen LogP contribution in [-0.2, 0) is 0 Å². The van der Waals surface area contributed by atoms with Gasteiger partial charge >= 0.3 is 0 Å². The Morgan fingerprint density at radius 3 is 2.76 bits per heavy atom. The first-order valence-electron chi connectivity index (χ1n) is 8.44. The molecule has 0 bridgehead atoms. The molecule has 6 heteroatoms. The van der Waals surface area contributed by atoms with Crippen molar-refractivity contribution in [3.05, 3.63) is 52.4 Å². The molecular formula is C19H21ClFN3O. The Morgan fingerprint density at radius 1 is 1.36 bits per heavy atom. The van der Waals surface area contributed by atoms with Crippen molar-refractivity contribution in [3.8, 4) is 0 Å². The molecule has 132 valence electrons. The molecule has 0 saturated heterocycles. The maximum Gasteiger partial charge on any atom is 0.253 e. The lowest BCUT2D eigenvalue weighted by atomic mass is 9.98. The molecule has 1 amide bonds. The Hall–Kier alpha value is -2.14. The van der Waals surface area contributed by atoms with E-state index in [2.05, 4.69) is 15.6 Å². The molecule has 2 aromatic rings. The van der Waals surface area contributed by atoms with Gasteiger partial charge in [-0.3, -0.25) is 4.79 Å². The van der Waals surface area contributed by atoms with Crippen LogP contribution in [0.4, 0.5) is 15.9 Å². The molecule has 25 heavy (non-hydrogen) atoms. The quantitative estimate of drug-likeness (QED) is 0.770. The second-order valence-corrected chi connectivity index (χ2v) is 7.13. The molecule has 2 N–H and O–H groups in total. The van der Waals surface area contributed by atoms with Gasteiger partial charge in [0.1, 0.15) is 11.6 Å². The van der Waals surface area contributed by atoms with Gasteiger partial charge in [0.05, 0.1) is 10.6 Å². The van der Waals surface area contributed by atoms with Crippen LogP contribution in [-0.4, -0.2) is 17.4 Å². The van der Waals surface area contributed by atoms with Gasteiger partial charge in [0.15, 0.2) is 0 Å². The molecular weight excluding hydrogens is 341 g/mol. The highest BCUT2D eigenvalue weighted by Crippen LogP contribution is 2.28. The summed E-state index contributed by atoms with van der Waals surface area (Å²) in [6.45, 7) is 4.79. The number of nitrogens with zero attached hydrogens (tertiary/aromatic N) is 1. The van der Waals surface area contributed by atoms with Crippen LogP contribution in [0.5, 0.6) is 0 Å². The molecule has 1 fully saturated rings. The first-order chi connectivity index (χ1) is 11.9.